The molecule has 1 aliphatic rings. The molecule has 8 nitrogen and oxygen atoms in total. The molecule has 0 saturated carbocycles. The lowest BCUT2D eigenvalue weighted by molar-refractivity contribution is -0.146. The molecule has 0 spiro atoms. The Morgan fingerprint density at radius 3 is 2.46 bits per heavy atom. The number of nitrogens with one attached hydrogen (secondary N) is 1. The van der Waals surface area contributed by atoms with Crippen molar-refractivity contribution in [2.24, 2.45) is 0 Å². The average molecular weight is 388 g/mol. The van der Waals surface area contributed by atoms with Gasteiger partial charge in [-0.15, -0.1) is 0 Å². The van der Waals surface area contributed by atoms with E-state index >= 15 is 0 Å². The van der Waals surface area contributed by atoms with Crippen LogP contribution in [0.2, 0.25) is 0 Å². The maximum atomic E-state index is 14.2. The number of nitrogens with zero attached hydrogens (tertiary/aromatic N) is 1. The number of carbonyl (C=O) groups is 2. The molecular formula is C16H21FN2O6S. The van der Waals surface area contributed by atoms with E-state index < -0.39 is 38.2 Å². The molecule has 1 aromatic rings. The van der Waals surface area contributed by atoms with Crippen molar-refractivity contribution in [3.8, 4) is 0 Å². The van der Waals surface area contributed by atoms with Crippen LogP contribution in [0.15, 0.2) is 23.1 Å². The fraction of sp³-hybridized carbons (Fsp3) is 0.500. The van der Waals surface area contributed by atoms with Gasteiger partial charge in [0.1, 0.15) is 16.3 Å². The minimum Gasteiger partial charge on any atom is -0.467 e. The van der Waals surface area contributed by atoms with Gasteiger partial charge in [0.05, 0.1) is 20.3 Å². The summed E-state index contributed by atoms with van der Waals surface area (Å²) in [6.07, 6.45) is 0. The molecule has 2 rings (SSSR count). The van der Waals surface area contributed by atoms with Crippen LogP contribution in [-0.2, 0) is 24.3 Å². The Hall–Kier alpha value is -2.04. The van der Waals surface area contributed by atoms with Crippen molar-refractivity contribution in [3.05, 3.63) is 29.6 Å². The fourth-order valence-corrected chi connectivity index (χ4v) is 3.93. The van der Waals surface area contributed by atoms with Gasteiger partial charge in [0, 0.05) is 18.7 Å². The van der Waals surface area contributed by atoms with E-state index in [1.165, 1.54) is 21.0 Å². The van der Waals surface area contributed by atoms with E-state index in [9.17, 15) is 22.4 Å². The number of hydrogen-bond donors (Lipinski definition) is 1. The molecular weight excluding hydrogens is 367 g/mol. The van der Waals surface area contributed by atoms with E-state index in [-0.39, 0.29) is 31.9 Å². The largest absolute Gasteiger partial charge is 0.467 e. The number of carbonyl (C=O) groups excluding carboxylic acids is 2. The van der Waals surface area contributed by atoms with Gasteiger partial charge in [0.25, 0.3) is 5.91 Å². The molecule has 0 atom stereocenters. The van der Waals surface area contributed by atoms with Crippen LogP contribution in [0.4, 0.5) is 4.39 Å². The fourth-order valence-electron chi connectivity index (χ4n) is 2.43. The number of ether oxygens (including phenoxy) is 2. The number of amides is 1. The van der Waals surface area contributed by atoms with Gasteiger partial charge in [0.15, 0.2) is 0 Å². The first kappa shape index (κ1) is 20.3. The van der Waals surface area contributed by atoms with Gasteiger partial charge in [-0.25, -0.2) is 17.6 Å². The van der Waals surface area contributed by atoms with Crippen LogP contribution >= 0.6 is 0 Å². The van der Waals surface area contributed by atoms with E-state index in [1.54, 1.807) is 0 Å². The van der Waals surface area contributed by atoms with Gasteiger partial charge in [-0.3, -0.25) is 4.79 Å². The molecule has 26 heavy (non-hydrogen) atoms. The second-order valence-electron chi connectivity index (χ2n) is 6.23. The highest BCUT2D eigenvalue weighted by Crippen LogP contribution is 2.22. The van der Waals surface area contributed by atoms with Crippen molar-refractivity contribution in [2.75, 3.05) is 33.4 Å². The summed E-state index contributed by atoms with van der Waals surface area (Å²) in [5, 5.41) is 2.44. The molecule has 10 heteroatoms. The highest BCUT2D eigenvalue weighted by atomic mass is 32.2. The lowest BCUT2D eigenvalue weighted by Gasteiger charge is -2.26. The van der Waals surface area contributed by atoms with Crippen LogP contribution in [0.1, 0.15) is 24.2 Å². The quantitative estimate of drug-likeness (QED) is 0.739. The molecule has 1 fully saturated rings. The molecule has 1 saturated heterocycles. The van der Waals surface area contributed by atoms with Crippen molar-refractivity contribution < 1.29 is 31.9 Å². The topological polar surface area (TPSA) is 102 Å². The summed E-state index contributed by atoms with van der Waals surface area (Å²) in [6.45, 7) is 3.51. The molecule has 0 aliphatic carbocycles. The Labute approximate surface area is 151 Å². The molecule has 1 amide bonds. The Balaban J connectivity index is 2.32. The van der Waals surface area contributed by atoms with Gasteiger partial charge in [0.2, 0.25) is 10.0 Å². The summed E-state index contributed by atoms with van der Waals surface area (Å²) < 4.78 is 50.3. The number of benzene rings is 1. The number of hydrogen-bond acceptors (Lipinski definition) is 6. The molecule has 1 heterocycles. The van der Waals surface area contributed by atoms with Gasteiger partial charge in [-0.2, -0.15) is 4.31 Å². The first-order chi connectivity index (χ1) is 12.1. The summed E-state index contributed by atoms with van der Waals surface area (Å²) >= 11 is 0. The number of morpholine rings is 1. The number of sulfonamides is 1. The van der Waals surface area contributed by atoms with Crippen LogP contribution in [0.25, 0.3) is 0 Å². The summed E-state index contributed by atoms with van der Waals surface area (Å²) in [6, 6.07) is 3.02. The average Bonchev–Trinajstić information content (AvgIpc) is 2.61. The molecule has 0 radical (unpaired) electrons. The van der Waals surface area contributed by atoms with Gasteiger partial charge in [-0.05, 0) is 32.0 Å². The third kappa shape index (κ3) is 4.19. The molecule has 1 aromatic carbocycles. The van der Waals surface area contributed by atoms with Crippen molar-refractivity contribution in [3.63, 3.8) is 0 Å². The first-order valence-corrected chi connectivity index (χ1v) is 9.32. The standard InChI is InChI=1S/C16H21FN2O6S/c1-16(2,15(21)24-3)18-14(20)11-4-5-12(17)13(10-11)26(22,23)19-6-8-25-9-7-19/h4-5,10H,6-9H2,1-3H3,(H,18,20). The monoisotopic (exact) mass is 388 g/mol. The van der Waals surface area contributed by atoms with E-state index in [0.29, 0.717) is 0 Å². The Bertz CT molecular complexity index is 803. The number of halogens is 1. The Morgan fingerprint density at radius 1 is 1.27 bits per heavy atom. The molecule has 1 aliphatic heterocycles. The van der Waals surface area contributed by atoms with E-state index in [0.717, 1.165) is 22.5 Å². The zero-order chi connectivity index (χ0) is 19.5. The number of esters is 1. The van der Waals surface area contributed by atoms with E-state index in [1.807, 2.05) is 0 Å². The van der Waals surface area contributed by atoms with Crippen molar-refractivity contribution in [2.45, 2.75) is 24.3 Å². The third-order valence-electron chi connectivity index (χ3n) is 3.90. The maximum Gasteiger partial charge on any atom is 0.330 e. The second kappa shape index (κ2) is 7.68. The van der Waals surface area contributed by atoms with E-state index in [4.69, 9.17) is 4.74 Å². The van der Waals surface area contributed by atoms with Gasteiger partial charge in [-0.1, -0.05) is 0 Å². The zero-order valence-corrected chi connectivity index (χ0v) is 15.6. The van der Waals surface area contributed by atoms with Crippen LogP contribution in [-0.4, -0.2) is 63.6 Å². The highest BCUT2D eigenvalue weighted by Gasteiger charge is 2.33. The highest BCUT2D eigenvalue weighted by molar-refractivity contribution is 7.89. The van der Waals surface area contributed by atoms with Gasteiger partial charge >= 0.3 is 5.97 Å². The second-order valence-corrected chi connectivity index (χ2v) is 8.14. The van der Waals surface area contributed by atoms with Crippen LogP contribution in [0, 0.1) is 5.82 Å². The first-order valence-electron chi connectivity index (χ1n) is 7.88. The predicted octanol–water partition coefficient (Wildman–Crippen LogP) is 0.528. The summed E-state index contributed by atoms with van der Waals surface area (Å²) in [5.41, 5.74) is -1.42. The van der Waals surface area contributed by atoms with Crippen LogP contribution in [0.5, 0.6) is 0 Å². The normalized spacial score (nSPS) is 16.2. The van der Waals surface area contributed by atoms with Crippen molar-refractivity contribution in [1.82, 2.24) is 9.62 Å². The number of methoxy groups -OCH3 is 1. The molecule has 144 valence electrons. The molecule has 1 N–H and O–H groups in total. The maximum absolute atomic E-state index is 14.2. The lowest BCUT2D eigenvalue weighted by Crippen LogP contribution is -2.50. The molecule has 0 bridgehead atoms. The summed E-state index contributed by atoms with van der Waals surface area (Å²) in [5.74, 6) is -2.35. The summed E-state index contributed by atoms with van der Waals surface area (Å²) in [4.78, 5) is 23.5. The van der Waals surface area contributed by atoms with Crippen molar-refractivity contribution >= 4 is 21.9 Å². The van der Waals surface area contributed by atoms with E-state index in [2.05, 4.69) is 10.1 Å². The minimum absolute atomic E-state index is 0.0878. The van der Waals surface area contributed by atoms with Crippen LogP contribution in [0.3, 0.4) is 0 Å². The predicted molar refractivity (Wildman–Crippen MR) is 89.5 cm³/mol. The Kier molecular flexibility index (Phi) is 5.99. The zero-order valence-electron chi connectivity index (χ0n) is 14.7. The SMILES string of the molecule is COC(=O)C(C)(C)NC(=O)c1ccc(F)c(S(=O)(=O)N2CCOCC2)c1. The lowest BCUT2D eigenvalue weighted by atomic mass is 10.1. The summed E-state index contributed by atoms with van der Waals surface area (Å²) in [7, 11) is -2.93. The third-order valence-corrected chi connectivity index (χ3v) is 5.82. The minimum atomic E-state index is -4.11. The molecule has 0 aromatic heterocycles. The van der Waals surface area contributed by atoms with Gasteiger partial charge < -0.3 is 14.8 Å². The van der Waals surface area contributed by atoms with Crippen molar-refractivity contribution in [1.29, 1.82) is 0 Å². The number of rotatable bonds is 5. The van der Waals surface area contributed by atoms with Crippen LogP contribution < -0.4 is 5.32 Å². The Morgan fingerprint density at radius 2 is 1.88 bits per heavy atom. The smallest absolute Gasteiger partial charge is 0.330 e. The molecule has 0 unspecified atom stereocenters.